The van der Waals surface area contributed by atoms with Gasteiger partial charge in [0.15, 0.2) is 0 Å². The van der Waals surface area contributed by atoms with Gasteiger partial charge in [-0.3, -0.25) is 0 Å². The van der Waals surface area contributed by atoms with Gasteiger partial charge >= 0.3 is 0 Å². The Kier molecular flexibility index (Phi) is 3.73. The zero-order valence-electron chi connectivity index (χ0n) is 11.1. The van der Waals surface area contributed by atoms with Crippen molar-refractivity contribution in [1.29, 1.82) is 5.26 Å². The van der Waals surface area contributed by atoms with Crippen LogP contribution in [0.1, 0.15) is 18.9 Å². The molecule has 0 saturated carbocycles. The summed E-state index contributed by atoms with van der Waals surface area (Å²) in [4.78, 5) is 2.22. The molecule has 0 spiro atoms. The third kappa shape index (κ3) is 2.27. The Bertz CT molecular complexity index is 467. The Morgan fingerprint density at radius 2 is 2.28 bits per heavy atom. The van der Waals surface area contributed by atoms with E-state index in [1.807, 2.05) is 25.2 Å². The zero-order valence-corrected chi connectivity index (χ0v) is 11.1. The second kappa shape index (κ2) is 5.28. The fourth-order valence-corrected chi connectivity index (χ4v) is 2.29. The predicted octanol–water partition coefficient (Wildman–Crippen LogP) is 1.75. The molecule has 2 rings (SSSR count). The van der Waals surface area contributed by atoms with E-state index in [9.17, 15) is 0 Å². The van der Waals surface area contributed by atoms with E-state index in [1.54, 1.807) is 0 Å². The van der Waals surface area contributed by atoms with Gasteiger partial charge in [-0.1, -0.05) is 0 Å². The molecular formula is C14H19N3O. The molecule has 2 unspecified atom stereocenters. The molecule has 1 heterocycles. The maximum atomic E-state index is 8.94. The van der Waals surface area contributed by atoms with Gasteiger partial charge in [-0.2, -0.15) is 5.26 Å². The van der Waals surface area contributed by atoms with Crippen molar-refractivity contribution in [3.63, 3.8) is 0 Å². The maximum absolute atomic E-state index is 8.94. The number of nitrogens with zero attached hydrogens (tertiary/aromatic N) is 2. The summed E-state index contributed by atoms with van der Waals surface area (Å²) in [6.07, 6.45) is 1.11. The number of rotatable bonds is 3. The molecule has 4 heteroatoms. The van der Waals surface area contributed by atoms with Gasteiger partial charge in [0, 0.05) is 13.1 Å². The van der Waals surface area contributed by atoms with Crippen LogP contribution in [0.2, 0.25) is 0 Å². The molecule has 0 aliphatic carbocycles. The SMILES string of the molecule is CNCCC1Oc2cc(C#N)ccc2N(C)C1C. The van der Waals surface area contributed by atoms with Crippen LogP contribution in [0.4, 0.5) is 5.69 Å². The predicted molar refractivity (Wildman–Crippen MR) is 72.0 cm³/mol. The van der Waals surface area contributed by atoms with Crippen molar-refractivity contribution < 1.29 is 4.74 Å². The Morgan fingerprint density at radius 1 is 1.50 bits per heavy atom. The molecule has 18 heavy (non-hydrogen) atoms. The third-order valence-electron chi connectivity index (χ3n) is 3.58. The molecule has 1 aromatic rings. The van der Waals surface area contributed by atoms with Crippen LogP contribution in [0.3, 0.4) is 0 Å². The molecule has 0 saturated heterocycles. The van der Waals surface area contributed by atoms with E-state index < -0.39 is 0 Å². The Morgan fingerprint density at radius 3 is 2.94 bits per heavy atom. The highest BCUT2D eigenvalue weighted by molar-refractivity contribution is 5.63. The lowest BCUT2D eigenvalue weighted by atomic mass is 10.0. The minimum Gasteiger partial charge on any atom is -0.486 e. The van der Waals surface area contributed by atoms with Crippen molar-refractivity contribution in [1.82, 2.24) is 5.32 Å². The molecule has 0 amide bonds. The topological polar surface area (TPSA) is 48.3 Å². The standard InChI is InChI=1S/C14H19N3O/c1-10-13(6-7-16-2)18-14-8-11(9-15)4-5-12(14)17(10)3/h4-5,8,10,13,16H,6-7H2,1-3H3. The van der Waals surface area contributed by atoms with E-state index in [0.29, 0.717) is 11.6 Å². The molecule has 2 atom stereocenters. The van der Waals surface area contributed by atoms with Crippen molar-refractivity contribution in [3.05, 3.63) is 23.8 Å². The summed E-state index contributed by atoms with van der Waals surface area (Å²) in [5.74, 6) is 0.816. The lowest BCUT2D eigenvalue weighted by Gasteiger charge is -2.40. The lowest BCUT2D eigenvalue weighted by molar-refractivity contribution is 0.152. The first-order valence-corrected chi connectivity index (χ1v) is 6.25. The zero-order chi connectivity index (χ0) is 13.1. The summed E-state index contributed by atoms with van der Waals surface area (Å²) in [7, 11) is 4.02. The van der Waals surface area contributed by atoms with Gasteiger partial charge in [-0.05, 0) is 39.1 Å². The second-order valence-electron chi connectivity index (χ2n) is 4.69. The van der Waals surface area contributed by atoms with Crippen molar-refractivity contribution in [3.8, 4) is 11.8 Å². The van der Waals surface area contributed by atoms with Crippen LogP contribution in [0.5, 0.6) is 5.75 Å². The number of likely N-dealkylation sites (N-methyl/N-ethyl adjacent to an activating group) is 1. The van der Waals surface area contributed by atoms with E-state index >= 15 is 0 Å². The fraction of sp³-hybridized carbons (Fsp3) is 0.500. The highest BCUT2D eigenvalue weighted by Gasteiger charge is 2.30. The van der Waals surface area contributed by atoms with Crippen LogP contribution in [0.25, 0.3) is 0 Å². The summed E-state index contributed by atoms with van der Waals surface area (Å²) in [5.41, 5.74) is 1.70. The number of hydrogen-bond acceptors (Lipinski definition) is 4. The van der Waals surface area contributed by atoms with Crippen LogP contribution in [0.15, 0.2) is 18.2 Å². The molecule has 0 bridgehead atoms. The largest absolute Gasteiger partial charge is 0.486 e. The van der Waals surface area contributed by atoms with Crippen LogP contribution in [-0.4, -0.2) is 32.8 Å². The average molecular weight is 245 g/mol. The van der Waals surface area contributed by atoms with Crippen molar-refractivity contribution >= 4 is 5.69 Å². The van der Waals surface area contributed by atoms with E-state index in [2.05, 4.69) is 30.3 Å². The average Bonchev–Trinajstić information content (AvgIpc) is 2.40. The molecule has 1 aliphatic rings. The Hall–Kier alpha value is -1.73. The number of hydrogen-bond donors (Lipinski definition) is 1. The lowest BCUT2D eigenvalue weighted by Crippen LogP contribution is -2.46. The highest BCUT2D eigenvalue weighted by atomic mass is 16.5. The normalized spacial score (nSPS) is 22.0. The van der Waals surface area contributed by atoms with Crippen LogP contribution in [-0.2, 0) is 0 Å². The van der Waals surface area contributed by atoms with Crippen LogP contribution in [0, 0.1) is 11.3 Å². The van der Waals surface area contributed by atoms with Crippen molar-refractivity contribution in [2.24, 2.45) is 0 Å². The van der Waals surface area contributed by atoms with E-state index in [0.717, 1.165) is 24.4 Å². The maximum Gasteiger partial charge on any atom is 0.144 e. The second-order valence-corrected chi connectivity index (χ2v) is 4.69. The van der Waals surface area contributed by atoms with Crippen LogP contribution >= 0.6 is 0 Å². The number of benzene rings is 1. The van der Waals surface area contributed by atoms with Gasteiger partial charge in [0.05, 0.1) is 23.4 Å². The van der Waals surface area contributed by atoms with E-state index in [1.165, 1.54) is 0 Å². The molecule has 0 aromatic heterocycles. The number of nitriles is 1. The minimum atomic E-state index is 0.156. The van der Waals surface area contributed by atoms with E-state index in [-0.39, 0.29) is 6.10 Å². The van der Waals surface area contributed by atoms with Gasteiger partial charge < -0.3 is 15.0 Å². The summed E-state index contributed by atoms with van der Waals surface area (Å²) in [5, 5.41) is 12.1. The summed E-state index contributed by atoms with van der Waals surface area (Å²) in [6.45, 7) is 3.09. The monoisotopic (exact) mass is 245 g/mol. The van der Waals surface area contributed by atoms with Gasteiger partial charge in [-0.15, -0.1) is 0 Å². The highest BCUT2D eigenvalue weighted by Crippen LogP contribution is 2.36. The first-order chi connectivity index (χ1) is 8.67. The van der Waals surface area contributed by atoms with Gasteiger partial charge in [0.1, 0.15) is 11.9 Å². The number of ether oxygens (including phenoxy) is 1. The molecule has 1 N–H and O–H groups in total. The van der Waals surface area contributed by atoms with Crippen LogP contribution < -0.4 is 15.0 Å². The smallest absolute Gasteiger partial charge is 0.144 e. The van der Waals surface area contributed by atoms with Crippen molar-refractivity contribution in [2.75, 3.05) is 25.5 Å². The summed E-state index contributed by atoms with van der Waals surface area (Å²) in [6, 6.07) is 8.10. The molecule has 0 fully saturated rings. The van der Waals surface area contributed by atoms with Crippen molar-refractivity contribution in [2.45, 2.75) is 25.5 Å². The molecular weight excluding hydrogens is 226 g/mol. The third-order valence-corrected chi connectivity index (χ3v) is 3.58. The molecule has 1 aliphatic heterocycles. The molecule has 96 valence electrons. The quantitative estimate of drug-likeness (QED) is 0.881. The van der Waals surface area contributed by atoms with Gasteiger partial charge in [0.25, 0.3) is 0 Å². The fourth-order valence-electron chi connectivity index (χ4n) is 2.29. The number of anilines is 1. The minimum absolute atomic E-state index is 0.156. The van der Waals surface area contributed by atoms with E-state index in [4.69, 9.17) is 10.00 Å². The first-order valence-electron chi connectivity index (χ1n) is 6.25. The molecule has 1 aromatic carbocycles. The molecule has 0 radical (unpaired) electrons. The number of fused-ring (bicyclic) bond motifs is 1. The van der Waals surface area contributed by atoms with Gasteiger partial charge in [-0.25, -0.2) is 0 Å². The Balaban J connectivity index is 2.27. The summed E-state index contributed by atoms with van der Waals surface area (Å²) < 4.78 is 6.03. The number of nitrogens with one attached hydrogen (secondary N) is 1. The van der Waals surface area contributed by atoms with Gasteiger partial charge in [0.2, 0.25) is 0 Å². The molecule has 4 nitrogen and oxygen atoms in total. The Labute approximate surface area is 108 Å². The summed E-state index contributed by atoms with van der Waals surface area (Å²) >= 11 is 0. The first kappa shape index (κ1) is 12.7.